The highest BCUT2D eigenvalue weighted by Gasteiger charge is 2.16. The first kappa shape index (κ1) is 10.9. The molecule has 0 amide bonds. The maximum atomic E-state index is 11.3. The number of nitrogens with zero attached hydrogens (tertiary/aromatic N) is 1. The molecule has 2 nitrogen and oxygen atoms in total. The molecule has 0 atom stereocenters. The van der Waals surface area contributed by atoms with Crippen LogP contribution in [0, 0.1) is 0 Å². The van der Waals surface area contributed by atoms with Gasteiger partial charge in [0, 0.05) is 24.3 Å². The van der Waals surface area contributed by atoms with Crippen LogP contribution in [0.3, 0.4) is 0 Å². The minimum Gasteiger partial charge on any atom is -0.364 e. The van der Waals surface area contributed by atoms with Gasteiger partial charge in [-0.1, -0.05) is 23.3 Å². The maximum Gasteiger partial charge on any atom is 0.159 e. The molecule has 0 fully saturated rings. The Morgan fingerprint density at radius 1 is 1.19 bits per heavy atom. The zero-order valence-electron chi connectivity index (χ0n) is 10.1. The van der Waals surface area contributed by atoms with Crippen molar-refractivity contribution in [1.82, 2.24) is 0 Å². The number of hydrogen-bond donors (Lipinski definition) is 0. The fraction of sp³-hybridized carbons (Fsp3) is 0.357. The van der Waals surface area contributed by atoms with Crippen LogP contribution in [0.5, 0.6) is 0 Å². The second kappa shape index (κ2) is 4.12. The standard InChI is InChI=1S/C14H17NO/c1-10-8-15(9-11(10)2)14-6-4-5-13(7-14)12(3)16/h4-7H,8-9H2,1-3H3. The zero-order valence-corrected chi connectivity index (χ0v) is 10.1. The van der Waals surface area contributed by atoms with Crippen molar-refractivity contribution in [3.8, 4) is 0 Å². The summed E-state index contributed by atoms with van der Waals surface area (Å²) in [7, 11) is 0. The van der Waals surface area contributed by atoms with E-state index >= 15 is 0 Å². The average molecular weight is 215 g/mol. The topological polar surface area (TPSA) is 20.3 Å². The number of benzene rings is 1. The summed E-state index contributed by atoms with van der Waals surface area (Å²) in [6.45, 7) is 7.91. The second-order valence-electron chi connectivity index (χ2n) is 4.52. The number of carbonyl (C=O) groups is 1. The van der Waals surface area contributed by atoms with Crippen LogP contribution in [0.25, 0.3) is 0 Å². The number of rotatable bonds is 2. The minimum absolute atomic E-state index is 0.127. The molecule has 1 aliphatic heterocycles. The van der Waals surface area contributed by atoms with Gasteiger partial charge in [0.15, 0.2) is 5.78 Å². The lowest BCUT2D eigenvalue weighted by atomic mass is 10.1. The molecule has 1 heterocycles. The molecule has 16 heavy (non-hydrogen) atoms. The molecule has 0 unspecified atom stereocenters. The number of carbonyl (C=O) groups excluding carboxylic acids is 1. The fourth-order valence-electron chi connectivity index (χ4n) is 2.00. The summed E-state index contributed by atoms with van der Waals surface area (Å²) in [6.07, 6.45) is 0. The van der Waals surface area contributed by atoms with Crippen molar-refractivity contribution < 1.29 is 4.79 Å². The van der Waals surface area contributed by atoms with Gasteiger partial charge in [0.1, 0.15) is 0 Å². The van der Waals surface area contributed by atoms with Crippen LogP contribution in [0.4, 0.5) is 5.69 Å². The van der Waals surface area contributed by atoms with Crippen LogP contribution in [0.1, 0.15) is 31.1 Å². The molecule has 1 aliphatic rings. The molecule has 0 radical (unpaired) electrons. The first-order valence-electron chi connectivity index (χ1n) is 5.59. The van der Waals surface area contributed by atoms with E-state index in [0.29, 0.717) is 0 Å². The van der Waals surface area contributed by atoms with Crippen molar-refractivity contribution in [2.45, 2.75) is 20.8 Å². The largest absolute Gasteiger partial charge is 0.364 e. The predicted octanol–water partition coefficient (Wildman–Crippen LogP) is 3.05. The molecule has 0 saturated carbocycles. The van der Waals surface area contributed by atoms with Crippen molar-refractivity contribution in [1.29, 1.82) is 0 Å². The summed E-state index contributed by atoms with van der Waals surface area (Å²) >= 11 is 0. The van der Waals surface area contributed by atoms with Gasteiger partial charge in [0.2, 0.25) is 0 Å². The highest BCUT2D eigenvalue weighted by molar-refractivity contribution is 5.95. The highest BCUT2D eigenvalue weighted by Crippen LogP contribution is 2.24. The van der Waals surface area contributed by atoms with E-state index in [1.807, 2.05) is 18.2 Å². The summed E-state index contributed by atoms with van der Waals surface area (Å²) in [5.41, 5.74) is 4.81. The minimum atomic E-state index is 0.127. The van der Waals surface area contributed by atoms with Gasteiger partial charge in [-0.2, -0.15) is 0 Å². The Labute approximate surface area is 96.6 Å². The third-order valence-electron chi connectivity index (χ3n) is 3.20. The Bertz CT molecular complexity index is 446. The molecule has 0 aromatic heterocycles. The lowest BCUT2D eigenvalue weighted by Crippen LogP contribution is -2.20. The first-order valence-corrected chi connectivity index (χ1v) is 5.59. The number of hydrogen-bond acceptors (Lipinski definition) is 2. The Kier molecular flexibility index (Phi) is 2.82. The van der Waals surface area contributed by atoms with Crippen LogP contribution >= 0.6 is 0 Å². The van der Waals surface area contributed by atoms with Crippen molar-refractivity contribution in [2.75, 3.05) is 18.0 Å². The molecular weight excluding hydrogens is 198 g/mol. The zero-order chi connectivity index (χ0) is 11.7. The van der Waals surface area contributed by atoms with Crippen LogP contribution in [0.15, 0.2) is 35.4 Å². The highest BCUT2D eigenvalue weighted by atomic mass is 16.1. The monoisotopic (exact) mass is 215 g/mol. The van der Waals surface area contributed by atoms with E-state index in [2.05, 4.69) is 24.8 Å². The van der Waals surface area contributed by atoms with E-state index in [1.54, 1.807) is 6.92 Å². The Hall–Kier alpha value is -1.57. The van der Waals surface area contributed by atoms with Crippen molar-refractivity contribution in [3.05, 3.63) is 41.0 Å². The van der Waals surface area contributed by atoms with E-state index in [0.717, 1.165) is 24.3 Å². The quantitative estimate of drug-likeness (QED) is 0.558. The van der Waals surface area contributed by atoms with Crippen LogP contribution < -0.4 is 4.90 Å². The fourth-order valence-corrected chi connectivity index (χ4v) is 2.00. The van der Waals surface area contributed by atoms with Crippen molar-refractivity contribution in [2.24, 2.45) is 0 Å². The first-order chi connectivity index (χ1) is 7.58. The van der Waals surface area contributed by atoms with Gasteiger partial charge in [-0.3, -0.25) is 4.79 Å². The Morgan fingerprint density at radius 3 is 2.38 bits per heavy atom. The molecule has 0 aliphatic carbocycles. The smallest absolute Gasteiger partial charge is 0.159 e. The van der Waals surface area contributed by atoms with E-state index in [1.165, 1.54) is 11.1 Å². The molecule has 1 aromatic carbocycles. The maximum absolute atomic E-state index is 11.3. The summed E-state index contributed by atoms with van der Waals surface area (Å²) in [5.74, 6) is 0.127. The van der Waals surface area contributed by atoms with Gasteiger partial charge >= 0.3 is 0 Å². The summed E-state index contributed by atoms with van der Waals surface area (Å²) in [6, 6.07) is 7.87. The molecule has 2 rings (SSSR count). The normalized spacial score (nSPS) is 15.8. The van der Waals surface area contributed by atoms with Crippen LogP contribution in [-0.2, 0) is 0 Å². The molecule has 0 bridgehead atoms. The number of Topliss-reactive ketones (excluding diaryl/α,β-unsaturated/α-hetero) is 1. The molecule has 0 N–H and O–H groups in total. The Balaban J connectivity index is 2.23. The lowest BCUT2D eigenvalue weighted by Gasteiger charge is -2.19. The number of anilines is 1. The van der Waals surface area contributed by atoms with E-state index in [9.17, 15) is 4.79 Å². The van der Waals surface area contributed by atoms with Gasteiger partial charge in [0.25, 0.3) is 0 Å². The van der Waals surface area contributed by atoms with Gasteiger partial charge in [-0.25, -0.2) is 0 Å². The van der Waals surface area contributed by atoms with Crippen LogP contribution in [-0.4, -0.2) is 18.9 Å². The third kappa shape index (κ3) is 2.01. The molecular formula is C14H17NO. The third-order valence-corrected chi connectivity index (χ3v) is 3.20. The predicted molar refractivity (Wildman–Crippen MR) is 67.0 cm³/mol. The lowest BCUT2D eigenvalue weighted by molar-refractivity contribution is 0.101. The summed E-state index contributed by atoms with van der Waals surface area (Å²) in [5, 5.41) is 0. The number of ketones is 1. The second-order valence-corrected chi connectivity index (χ2v) is 4.52. The van der Waals surface area contributed by atoms with Gasteiger partial charge in [-0.05, 0) is 32.9 Å². The van der Waals surface area contributed by atoms with Gasteiger partial charge < -0.3 is 4.90 Å². The van der Waals surface area contributed by atoms with Gasteiger partial charge in [0.05, 0.1) is 0 Å². The average Bonchev–Trinajstić information content (AvgIpc) is 2.59. The molecule has 84 valence electrons. The van der Waals surface area contributed by atoms with E-state index in [4.69, 9.17) is 0 Å². The van der Waals surface area contributed by atoms with E-state index in [-0.39, 0.29) is 5.78 Å². The van der Waals surface area contributed by atoms with Gasteiger partial charge in [-0.15, -0.1) is 0 Å². The molecule has 0 saturated heterocycles. The molecule has 1 aromatic rings. The molecule has 2 heteroatoms. The van der Waals surface area contributed by atoms with Crippen molar-refractivity contribution in [3.63, 3.8) is 0 Å². The van der Waals surface area contributed by atoms with Crippen LogP contribution in [0.2, 0.25) is 0 Å². The van der Waals surface area contributed by atoms with Crippen molar-refractivity contribution >= 4 is 11.5 Å². The Morgan fingerprint density at radius 2 is 1.81 bits per heavy atom. The SMILES string of the molecule is CC(=O)c1cccc(N2CC(C)=C(C)C2)c1. The summed E-state index contributed by atoms with van der Waals surface area (Å²) < 4.78 is 0. The van der Waals surface area contributed by atoms with E-state index < -0.39 is 0 Å². The summed E-state index contributed by atoms with van der Waals surface area (Å²) in [4.78, 5) is 13.6. The molecule has 0 spiro atoms.